The number of hydrogen-bond donors (Lipinski definition) is 0. The van der Waals surface area contributed by atoms with Crippen molar-refractivity contribution >= 4 is 13.3 Å². The van der Waals surface area contributed by atoms with Gasteiger partial charge >= 0.3 is 0 Å². The summed E-state index contributed by atoms with van der Waals surface area (Å²) in [5, 5.41) is 1.73. The summed E-state index contributed by atoms with van der Waals surface area (Å²) in [6.45, 7) is 18.6. The summed E-state index contributed by atoms with van der Waals surface area (Å²) < 4.78 is 0. The maximum absolute atomic E-state index is 4.18. The van der Waals surface area contributed by atoms with Crippen LogP contribution in [0.25, 0.3) is 0 Å². The number of fused-ring (bicyclic) bond motifs is 4. The zero-order chi connectivity index (χ0) is 29.7. The van der Waals surface area contributed by atoms with Crippen molar-refractivity contribution in [2.45, 2.75) is 84.4 Å². The van der Waals surface area contributed by atoms with E-state index in [0.717, 1.165) is 12.0 Å². The second-order valence-corrected chi connectivity index (χ2v) is 20.6. The summed E-state index contributed by atoms with van der Waals surface area (Å²) in [5.41, 5.74) is 4.88. The Morgan fingerprint density at radius 3 is 1.90 bits per heavy atom. The molecule has 0 amide bonds. The first-order valence-corrected chi connectivity index (χ1v) is 19.2. The quantitative estimate of drug-likeness (QED) is 0.173. The number of hydrogen-bond acceptors (Lipinski definition) is 0. The molecule has 1 heteroatoms. The van der Waals surface area contributed by atoms with E-state index in [1.54, 1.807) is 16.3 Å². The van der Waals surface area contributed by atoms with Crippen LogP contribution in [-0.4, -0.2) is 8.07 Å². The molecular weight excluding hydrogens is 521 g/mol. The lowest BCUT2D eigenvalue weighted by Gasteiger charge is -2.50. The van der Waals surface area contributed by atoms with E-state index >= 15 is 0 Å². The summed E-state index contributed by atoms with van der Waals surface area (Å²) in [4.78, 5) is 0. The van der Waals surface area contributed by atoms with E-state index in [-0.39, 0.29) is 10.8 Å². The molecule has 1 aromatic rings. The fourth-order valence-electron chi connectivity index (χ4n) is 9.83. The first-order chi connectivity index (χ1) is 20.1. The third kappa shape index (κ3) is 5.08. The molecule has 222 valence electrons. The van der Waals surface area contributed by atoms with Gasteiger partial charge in [0, 0.05) is 0 Å². The zero-order valence-electron chi connectivity index (χ0n) is 27.1. The van der Waals surface area contributed by atoms with E-state index in [1.807, 2.05) is 0 Å². The standard InChI is InChI=1S/C41H54Si/c1-8-9-15-26-42(32-17-11-10-12-18-32,38-25-20-29-16-13-14-19-33(29)38)39-36-27-30(40(2,3)4)21-23-34(36)35-24-22-31(28-37(35)39)41(5,6)7/h8,10-14,16-19,21-24,27-29,33-39H,1,9,15,20,25-26H2,2-7H3. The average molecular weight is 575 g/mol. The highest BCUT2D eigenvalue weighted by molar-refractivity contribution is 6.94. The van der Waals surface area contributed by atoms with Crippen LogP contribution in [0.5, 0.6) is 0 Å². The van der Waals surface area contributed by atoms with Gasteiger partial charge in [-0.05, 0) is 81.4 Å². The van der Waals surface area contributed by atoms with Gasteiger partial charge in [0.2, 0.25) is 0 Å². The highest BCUT2D eigenvalue weighted by atomic mass is 28.3. The molecule has 0 saturated heterocycles. The van der Waals surface area contributed by atoms with E-state index in [4.69, 9.17) is 0 Å². The minimum atomic E-state index is -2.13. The monoisotopic (exact) mass is 574 g/mol. The van der Waals surface area contributed by atoms with Crippen LogP contribution in [0.15, 0.2) is 115 Å². The molecule has 2 saturated carbocycles. The molecule has 0 spiro atoms. The molecule has 0 aromatic heterocycles. The van der Waals surface area contributed by atoms with Gasteiger partial charge in [0.05, 0.1) is 8.07 Å². The van der Waals surface area contributed by atoms with Crippen molar-refractivity contribution in [3.63, 3.8) is 0 Å². The average Bonchev–Trinajstić information content (AvgIpc) is 3.55. The Bertz CT molecular complexity index is 1280. The molecule has 5 aliphatic carbocycles. The van der Waals surface area contributed by atoms with Gasteiger partial charge in [-0.1, -0.05) is 163 Å². The first kappa shape index (κ1) is 29.7. The summed E-state index contributed by atoms with van der Waals surface area (Å²) in [6, 6.07) is 13.5. The van der Waals surface area contributed by atoms with E-state index in [1.165, 1.54) is 25.3 Å². The second kappa shape index (κ2) is 11.3. The molecule has 0 radical (unpaired) electrons. The van der Waals surface area contributed by atoms with Crippen LogP contribution >= 0.6 is 0 Å². The molecule has 0 aliphatic heterocycles. The van der Waals surface area contributed by atoms with E-state index in [2.05, 4.69) is 145 Å². The lowest BCUT2D eigenvalue weighted by molar-refractivity contribution is 0.433. The third-order valence-corrected chi connectivity index (χ3v) is 18.3. The van der Waals surface area contributed by atoms with Crippen LogP contribution in [0.1, 0.15) is 67.2 Å². The minimum Gasteiger partial charge on any atom is -0.103 e. The van der Waals surface area contributed by atoms with E-state index in [0.29, 0.717) is 41.0 Å². The van der Waals surface area contributed by atoms with Crippen molar-refractivity contribution in [1.82, 2.24) is 0 Å². The summed E-state index contributed by atoms with van der Waals surface area (Å²) >= 11 is 0. The molecule has 6 rings (SSSR count). The topological polar surface area (TPSA) is 0 Å². The molecule has 2 fully saturated rings. The Morgan fingerprint density at radius 1 is 0.738 bits per heavy atom. The van der Waals surface area contributed by atoms with Gasteiger partial charge in [0.15, 0.2) is 0 Å². The molecule has 0 bridgehead atoms. The van der Waals surface area contributed by atoms with Gasteiger partial charge in [0.25, 0.3) is 0 Å². The van der Waals surface area contributed by atoms with Crippen molar-refractivity contribution < 1.29 is 0 Å². The van der Waals surface area contributed by atoms with Crippen molar-refractivity contribution in [3.05, 3.63) is 115 Å². The van der Waals surface area contributed by atoms with Crippen molar-refractivity contribution in [3.8, 4) is 0 Å². The second-order valence-electron chi connectivity index (χ2n) is 16.1. The minimum absolute atomic E-state index is 0.164. The number of rotatable bonds is 7. The zero-order valence-corrected chi connectivity index (χ0v) is 28.1. The molecule has 8 atom stereocenters. The predicted molar refractivity (Wildman–Crippen MR) is 185 cm³/mol. The molecule has 0 N–H and O–H groups in total. The van der Waals surface area contributed by atoms with Gasteiger partial charge in [-0.25, -0.2) is 0 Å². The fraction of sp³-hybridized carbons (Fsp3) is 0.512. The van der Waals surface area contributed by atoms with Gasteiger partial charge in [-0.15, -0.1) is 6.58 Å². The number of allylic oxidation sites excluding steroid dienone is 13. The Morgan fingerprint density at radius 2 is 1.33 bits per heavy atom. The maximum atomic E-state index is 4.18. The van der Waals surface area contributed by atoms with E-state index < -0.39 is 8.07 Å². The molecule has 5 aliphatic rings. The molecular formula is C41H54Si. The van der Waals surface area contributed by atoms with Crippen LogP contribution in [0.2, 0.25) is 17.1 Å². The highest BCUT2D eigenvalue weighted by Gasteiger charge is 2.62. The normalized spacial score (nSPS) is 34.7. The van der Waals surface area contributed by atoms with Gasteiger partial charge in [-0.2, -0.15) is 0 Å². The van der Waals surface area contributed by atoms with Crippen molar-refractivity contribution in [1.29, 1.82) is 0 Å². The molecule has 0 heterocycles. The lowest BCUT2D eigenvalue weighted by Crippen LogP contribution is -2.59. The van der Waals surface area contributed by atoms with Gasteiger partial charge in [-0.3, -0.25) is 0 Å². The largest absolute Gasteiger partial charge is 0.103 e. The first-order valence-electron chi connectivity index (χ1n) is 16.9. The Balaban J connectivity index is 1.60. The highest BCUT2D eigenvalue weighted by Crippen LogP contribution is 2.65. The van der Waals surface area contributed by atoms with Crippen LogP contribution in [0.4, 0.5) is 0 Å². The van der Waals surface area contributed by atoms with Crippen LogP contribution < -0.4 is 5.19 Å². The van der Waals surface area contributed by atoms with Crippen LogP contribution in [-0.2, 0) is 0 Å². The lowest BCUT2D eigenvalue weighted by atomic mass is 9.74. The van der Waals surface area contributed by atoms with E-state index in [9.17, 15) is 0 Å². The van der Waals surface area contributed by atoms with Crippen LogP contribution in [0.3, 0.4) is 0 Å². The third-order valence-electron chi connectivity index (χ3n) is 11.8. The molecule has 8 unspecified atom stereocenters. The summed E-state index contributed by atoms with van der Waals surface area (Å²) in [7, 11) is -2.13. The molecule has 0 nitrogen and oxygen atoms in total. The SMILES string of the molecule is C=CCCC[Si](c1ccccc1)(C1CCC2C=CC=CC21)C1C2C=C(C(C)(C)C)C=CC2C2C=CC(C(C)(C)C)=CC21. The smallest absolute Gasteiger partial charge is 0.0946 e. The van der Waals surface area contributed by atoms with Gasteiger partial charge < -0.3 is 0 Å². The van der Waals surface area contributed by atoms with Crippen molar-refractivity contribution in [2.75, 3.05) is 0 Å². The number of unbranched alkanes of at least 4 members (excludes halogenated alkanes) is 1. The van der Waals surface area contributed by atoms with Crippen molar-refractivity contribution in [2.24, 2.45) is 46.3 Å². The number of benzene rings is 1. The Labute approximate surface area is 258 Å². The Hall–Kier alpha value is -2.38. The summed E-state index contributed by atoms with van der Waals surface area (Å²) in [5.74, 6) is 3.76. The summed E-state index contributed by atoms with van der Waals surface area (Å²) in [6.07, 6.45) is 33.0. The molecule has 1 aromatic carbocycles. The van der Waals surface area contributed by atoms with Crippen LogP contribution in [0, 0.1) is 46.3 Å². The maximum Gasteiger partial charge on any atom is 0.0946 e. The predicted octanol–water partition coefficient (Wildman–Crippen LogP) is 10.8. The van der Waals surface area contributed by atoms with Gasteiger partial charge in [0.1, 0.15) is 0 Å². The fourth-order valence-corrected chi connectivity index (χ4v) is 17.5. The molecule has 42 heavy (non-hydrogen) atoms. The Kier molecular flexibility index (Phi) is 7.97.